The number of carbonyl (C=O) groups is 1. The Morgan fingerprint density at radius 3 is 2.83 bits per heavy atom. The van der Waals surface area contributed by atoms with Gasteiger partial charge in [0, 0.05) is 42.7 Å². The number of aliphatic imine (C=N–C) groups is 1. The number of benzene rings is 1. The molecule has 0 aromatic heterocycles. The Kier molecular flexibility index (Phi) is 8.66. The summed E-state index contributed by atoms with van der Waals surface area (Å²) in [5.41, 5.74) is 2.91. The fraction of sp³-hybridized carbons (Fsp3) is 0.667. The highest BCUT2D eigenvalue weighted by molar-refractivity contribution is 6.31. The maximum Gasteiger partial charge on any atom is 0.246 e. The van der Waals surface area contributed by atoms with E-state index in [9.17, 15) is 10.1 Å². The number of nitrogens with zero attached hydrogens (tertiary/aromatic N) is 6. The predicted molar refractivity (Wildman–Crippen MR) is 165 cm³/mol. The number of likely N-dealkylation sites (N-methyl/N-ethyl adjacent to an activating group) is 1. The number of ether oxygens (including phenoxy) is 1. The Labute approximate surface area is 255 Å². The molecule has 0 radical (unpaired) electrons. The zero-order valence-corrected chi connectivity index (χ0v) is 25.9. The number of hydrogen-bond acceptors (Lipinski definition) is 7. The van der Waals surface area contributed by atoms with Crippen molar-refractivity contribution < 1.29 is 9.53 Å². The molecular formula is C33H45ClN6O2. The van der Waals surface area contributed by atoms with E-state index in [4.69, 9.17) is 21.3 Å². The molecule has 3 aliphatic heterocycles. The fourth-order valence-corrected chi connectivity index (χ4v) is 8.86. The van der Waals surface area contributed by atoms with E-state index < -0.39 is 0 Å². The van der Waals surface area contributed by atoms with Crippen molar-refractivity contribution in [2.45, 2.75) is 87.7 Å². The molecule has 5 aliphatic rings. The molecule has 3 heterocycles. The number of nitriles is 1. The molecule has 3 unspecified atom stereocenters. The number of likely N-dealkylation sites (tertiary alicyclic amines) is 1. The molecule has 6 atom stereocenters. The fourth-order valence-electron chi connectivity index (χ4n) is 8.59. The van der Waals surface area contributed by atoms with Gasteiger partial charge in [0.05, 0.1) is 25.1 Å². The summed E-state index contributed by atoms with van der Waals surface area (Å²) in [7, 11) is 4.38. The van der Waals surface area contributed by atoms with Gasteiger partial charge in [-0.3, -0.25) is 9.69 Å². The van der Waals surface area contributed by atoms with Gasteiger partial charge in [-0.2, -0.15) is 5.26 Å². The van der Waals surface area contributed by atoms with Gasteiger partial charge in [0.25, 0.3) is 0 Å². The lowest BCUT2D eigenvalue weighted by atomic mass is 9.58. The third-order valence-electron chi connectivity index (χ3n) is 10.9. The van der Waals surface area contributed by atoms with Gasteiger partial charge in [-0.25, -0.2) is 4.99 Å². The van der Waals surface area contributed by atoms with Gasteiger partial charge < -0.3 is 19.4 Å². The van der Waals surface area contributed by atoms with Gasteiger partial charge in [0.15, 0.2) is 0 Å². The van der Waals surface area contributed by atoms with Crippen LogP contribution in [0.25, 0.3) is 0 Å². The van der Waals surface area contributed by atoms with Crippen molar-refractivity contribution in [3.63, 3.8) is 0 Å². The molecule has 2 aliphatic carbocycles. The summed E-state index contributed by atoms with van der Waals surface area (Å²) in [4.78, 5) is 26.9. The second-order valence-electron chi connectivity index (χ2n) is 13.1. The highest BCUT2D eigenvalue weighted by Crippen LogP contribution is 2.52. The van der Waals surface area contributed by atoms with Crippen LogP contribution in [0.15, 0.2) is 35.8 Å². The Bertz CT molecular complexity index is 1260. The molecule has 3 fully saturated rings. The van der Waals surface area contributed by atoms with Gasteiger partial charge in [0.2, 0.25) is 12.3 Å². The van der Waals surface area contributed by atoms with E-state index in [1.165, 1.54) is 36.5 Å². The lowest BCUT2D eigenvalue weighted by Crippen LogP contribution is -2.63. The summed E-state index contributed by atoms with van der Waals surface area (Å²) >= 11 is 6.74. The quantitative estimate of drug-likeness (QED) is 0.471. The van der Waals surface area contributed by atoms with E-state index >= 15 is 0 Å². The van der Waals surface area contributed by atoms with Crippen LogP contribution in [0.4, 0.5) is 0 Å². The SMILES string of the molecule is C=CC(=O)N1CCN(C2=NC(OC[C@H]3CCCN3C)N(C)C3C[C@]4(CCCc5c(Cl)cccc54)CCC23)C[C@H]1CC#N. The van der Waals surface area contributed by atoms with Crippen molar-refractivity contribution in [2.75, 3.05) is 46.9 Å². The average molecular weight is 593 g/mol. The topological polar surface area (TPSA) is 75.4 Å². The summed E-state index contributed by atoms with van der Waals surface area (Å²) < 4.78 is 6.65. The smallest absolute Gasteiger partial charge is 0.246 e. The standard InChI is InChI=1S/C33H45ClN6O2/c1-4-30(41)40-19-18-39(21-23(40)13-16-35)31-26-12-15-33(14-6-9-25-27(33)10-5-11-28(25)34)20-29(26)38(3)32(36-31)42-22-24-8-7-17-37(24)2/h4-5,10-11,23-24,26,29,32H,1,6-9,12-15,17-22H2,2-3H3/t23-,24-,26?,29?,32?,33+/m1/s1. The van der Waals surface area contributed by atoms with E-state index in [1.807, 2.05) is 11.0 Å². The highest BCUT2D eigenvalue weighted by Gasteiger charge is 2.51. The Hall–Kier alpha value is -2.44. The number of halogens is 1. The molecule has 1 spiro atoms. The second kappa shape index (κ2) is 12.3. The minimum Gasteiger partial charge on any atom is -0.356 e. The summed E-state index contributed by atoms with van der Waals surface area (Å²) in [6.45, 7) is 7.36. The van der Waals surface area contributed by atoms with Gasteiger partial charge >= 0.3 is 0 Å². The normalized spacial score (nSPS) is 33.6. The molecule has 0 bridgehead atoms. The monoisotopic (exact) mass is 592 g/mol. The van der Waals surface area contributed by atoms with E-state index in [-0.39, 0.29) is 35.7 Å². The number of piperazine rings is 1. The highest BCUT2D eigenvalue weighted by atomic mass is 35.5. The lowest BCUT2D eigenvalue weighted by molar-refractivity contribution is -0.130. The third kappa shape index (κ3) is 5.38. The Morgan fingerprint density at radius 2 is 2.07 bits per heavy atom. The van der Waals surface area contributed by atoms with Crippen molar-refractivity contribution >= 4 is 23.3 Å². The minimum absolute atomic E-state index is 0.103. The molecule has 1 amide bonds. The number of amides is 1. The Morgan fingerprint density at radius 1 is 1.21 bits per heavy atom. The van der Waals surface area contributed by atoms with Crippen LogP contribution in [0.1, 0.15) is 62.5 Å². The lowest BCUT2D eigenvalue weighted by Gasteiger charge is -2.55. The van der Waals surface area contributed by atoms with Crippen molar-refractivity contribution in [3.8, 4) is 6.07 Å². The van der Waals surface area contributed by atoms with Crippen LogP contribution in [0.3, 0.4) is 0 Å². The number of fused-ring (bicyclic) bond motifs is 3. The van der Waals surface area contributed by atoms with Gasteiger partial charge in [-0.1, -0.05) is 30.3 Å². The first-order valence-electron chi connectivity index (χ1n) is 15.8. The van der Waals surface area contributed by atoms with Gasteiger partial charge in [0.1, 0.15) is 5.84 Å². The van der Waals surface area contributed by atoms with Crippen LogP contribution in [0, 0.1) is 17.2 Å². The molecule has 226 valence electrons. The van der Waals surface area contributed by atoms with Crippen LogP contribution >= 0.6 is 11.6 Å². The molecule has 42 heavy (non-hydrogen) atoms. The van der Waals surface area contributed by atoms with E-state index in [1.54, 1.807) is 0 Å². The molecule has 0 N–H and O–H groups in total. The van der Waals surface area contributed by atoms with E-state index in [0.29, 0.717) is 38.7 Å². The van der Waals surface area contributed by atoms with Gasteiger partial charge in [-0.15, -0.1) is 0 Å². The molecular weight excluding hydrogens is 548 g/mol. The molecule has 2 saturated heterocycles. The predicted octanol–water partition coefficient (Wildman–Crippen LogP) is 4.43. The summed E-state index contributed by atoms with van der Waals surface area (Å²) in [5.74, 6) is 1.28. The maximum atomic E-state index is 12.6. The third-order valence-corrected chi connectivity index (χ3v) is 11.3. The van der Waals surface area contributed by atoms with Crippen molar-refractivity contribution in [2.24, 2.45) is 10.9 Å². The second-order valence-corrected chi connectivity index (χ2v) is 13.5. The zero-order chi connectivity index (χ0) is 29.4. The minimum atomic E-state index is -0.352. The van der Waals surface area contributed by atoms with Crippen LogP contribution in [0.2, 0.25) is 5.02 Å². The number of hydrogen-bond donors (Lipinski definition) is 0. The van der Waals surface area contributed by atoms with E-state index in [2.05, 4.69) is 53.6 Å². The number of carbonyl (C=O) groups excluding carboxylic acids is 1. The molecule has 1 aromatic carbocycles. The largest absolute Gasteiger partial charge is 0.356 e. The first kappa shape index (κ1) is 29.6. The van der Waals surface area contributed by atoms with Crippen LogP contribution < -0.4 is 0 Å². The van der Waals surface area contributed by atoms with Gasteiger partial charge in [-0.05, 0) is 101 Å². The Balaban J connectivity index is 1.30. The summed E-state index contributed by atoms with van der Waals surface area (Å²) in [6.07, 6.45) is 10.3. The molecule has 6 rings (SSSR count). The molecule has 1 aromatic rings. The number of rotatable bonds is 5. The molecule has 9 heteroatoms. The van der Waals surface area contributed by atoms with Crippen LogP contribution in [0.5, 0.6) is 0 Å². The van der Waals surface area contributed by atoms with Crippen LogP contribution in [-0.4, -0.2) is 103 Å². The van der Waals surface area contributed by atoms with Crippen molar-refractivity contribution in [1.29, 1.82) is 5.26 Å². The first-order chi connectivity index (χ1) is 20.3. The van der Waals surface area contributed by atoms with Crippen molar-refractivity contribution in [1.82, 2.24) is 19.6 Å². The maximum absolute atomic E-state index is 12.6. The van der Waals surface area contributed by atoms with E-state index in [0.717, 1.165) is 49.5 Å². The molecule has 1 saturated carbocycles. The van der Waals surface area contributed by atoms with Crippen molar-refractivity contribution in [3.05, 3.63) is 47.0 Å². The molecule has 8 nitrogen and oxygen atoms in total. The first-order valence-corrected chi connectivity index (χ1v) is 16.2. The zero-order valence-electron chi connectivity index (χ0n) is 25.2. The average Bonchev–Trinajstić information content (AvgIpc) is 3.42. The summed E-state index contributed by atoms with van der Waals surface area (Å²) in [5, 5.41) is 10.5. The van der Waals surface area contributed by atoms with Crippen LogP contribution in [-0.2, 0) is 21.4 Å². The number of amidine groups is 1. The summed E-state index contributed by atoms with van der Waals surface area (Å²) in [6, 6.07) is 9.33.